The summed E-state index contributed by atoms with van der Waals surface area (Å²) in [5.41, 5.74) is 0. The Labute approximate surface area is 124 Å². The van der Waals surface area contributed by atoms with Crippen molar-refractivity contribution in [1.29, 1.82) is 0 Å². The third-order valence-corrected chi connectivity index (χ3v) is 5.05. The SMILES string of the molecule is CC(C)CC(CN(C)C)NS(=O)(=O)CC1CCCCN1. The Kier molecular flexibility index (Phi) is 7.43. The lowest BCUT2D eigenvalue weighted by Gasteiger charge is -2.27. The number of hydrogen-bond donors (Lipinski definition) is 2. The molecule has 1 heterocycles. The van der Waals surface area contributed by atoms with Crippen LogP contribution in [0.4, 0.5) is 0 Å². The van der Waals surface area contributed by atoms with Crippen LogP contribution in [0.1, 0.15) is 39.5 Å². The molecule has 2 atom stereocenters. The Bertz CT molecular complexity index is 353. The quantitative estimate of drug-likeness (QED) is 0.703. The third kappa shape index (κ3) is 7.57. The average Bonchev–Trinajstić information content (AvgIpc) is 2.26. The molecule has 1 saturated heterocycles. The highest BCUT2D eigenvalue weighted by Gasteiger charge is 2.24. The number of hydrogen-bond acceptors (Lipinski definition) is 4. The van der Waals surface area contributed by atoms with E-state index >= 15 is 0 Å². The van der Waals surface area contributed by atoms with Crippen LogP contribution >= 0.6 is 0 Å². The normalized spacial score (nSPS) is 22.4. The predicted molar refractivity (Wildman–Crippen MR) is 84.4 cm³/mol. The van der Waals surface area contributed by atoms with E-state index in [4.69, 9.17) is 0 Å². The topological polar surface area (TPSA) is 61.4 Å². The van der Waals surface area contributed by atoms with Crippen LogP contribution in [0, 0.1) is 5.92 Å². The van der Waals surface area contributed by atoms with E-state index in [1.165, 1.54) is 0 Å². The highest BCUT2D eigenvalue weighted by Crippen LogP contribution is 2.11. The molecule has 0 aromatic rings. The highest BCUT2D eigenvalue weighted by atomic mass is 32.2. The van der Waals surface area contributed by atoms with Gasteiger partial charge in [0, 0.05) is 18.6 Å². The molecule has 0 spiro atoms. The molecule has 0 aliphatic carbocycles. The van der Waals surface area contributed by atoms with Crippen molar-refractivity contribution in [3.8, 4) is 0 Å². The van der Waals surface area contributed by atoms with Gasteiger partial charge in [-0.15, -0.1) is 0 Å². The fourth-order valence-electron chi connectivity index (χ4n) is 2.80. The molecule has 0 aromatic heterocycles. The second kappa shape index (κ2) is 8.32. The summed E-state index contributed by atoms with van der Waals surface area (Å²) >= 11 is 0. The maximum atomic E-state index is 12.3. The van der Waals surface area contributed by atoms with Crippen molar-refractivity contribution < 1.29 is 8.42 Å². The fourth-order valence-corrected chi connectivity index (χ4v) is 4.39. The summed E-state index contributed by atoms with van der Waals surface area (Å²) in [5, 5.41) is 3.30. The number of nitrogens with zero attached hydrogens (tertiary/aromatic N) is 1. The summed E-state index contributed by atoms with van der Waals surface area (Å²) in [4.78, 5) is 2.04. The van der Waals surface area contributed by atoms with Gasteiger partial charge in [0.15, 0.2) is 0 Å². The second-order valence-corrected chi connectivity index (χ2v) is 8.43. The van der Waals surface area contributed by atoms with E-state index < -0.39 is 10.0 Å². The predicted octanol–water partition coefficient (Wildman–Crippen LogP) is 1.02. The van der Waals surface area contributed by atoms with Crippen molar-refractivity contribution in [3.63, 3.8) is 0 Å². The lowest BCUT2D eigenvalue weighted by Crippen LogP contribution is -2.47. The van der Waals surface area contributed by atoms with Crippen molar-refractivity contribution in [2.45, 2.75) is 51.6 Å². The van der Waals surface area contributed by atoms with Crippen LogP contribution in [-0.2, 0) is 10.0 Å². The van der Waals surface area contributed by atoms with E-state index in [2.05, 4.69) is 23.9 Å². The summed E-state index contributed by atoms with van der Waals surface area (Å²) in [6.07, 6.45) is 4.11. The van der Waals surface area contributed by atoms with Gasteiger partial charge in [0.2, 0.25) is 10.0 Å². The minimum atomic E-state index is -3.21. The Balaban J connectivity index is 2.54. The number of nitrogens with one attached hydrogen (secondary N) is 2. The van der Waals surface area contributed by atoms with Crippen LogP contribution in [-0.4, -0.2) is 58.3 Å². The standard InChI is InChI=1S/C14H31N3O2S/c1-12(2)9-14(10-17(3)4)16-20(18,19)11-13-7-5-6-8-15-13/h12-16H,5-11H2,1-4H3. The molecule has 0 aromatic carbocycles. The number of rotatable bonds is 8. The first kappa shape index (κ1) is 17.9. The first-order valence-electron chi connectivity index (χ1n) is 7.66. The molecule has 20 heavy (non-hydrogen) atoms. The zero-order valence-corrected chi connectivity index (χ0v) is 14.2. The summed E-state index contributed by atoms with van der Waals surface area (Å²) < 4.78 is 27.5. The molecule has 2 unspecified atom stereocenters. The molecule has 1 fully saturated rings. The highest BCUT2D eigenvalue weighted by molar-refractivity contribution is 7.89. The van der Waals surface area contributed by atoms with Gasteiger partial charge in [-0.1, -0.05) is 20.3 Å². The third-order valence-electron chi connectivity index (χ3n) is 3.52. The molecule has 1 aliphatic heterocycles. The molecule has 1 aliphatic rings. The Morgan fingerprint density at radius 2 is 2.00 bits per heavy atom. The first-order chi connectivity index (χ1) is 9.28. The van der Waals surface area contributed by atoms with Gasteiger partial charge in [0.05, 0.1) is 5.75 Å². The van der Waals surface area contributed by atoms with E-state index in [0.29, 0.717) is 5.92 Å². The molecule has 0 amide bonds. The monoisotopic (exact) mass is 305 g/mol. The molecule has 1 rings (SSSR count). The minimum absolute atomic E-state index is 0.00131. The van der Waals surface area contributed by atoms with Crippen molar-refractivity contribution >= 4 is 10.0 Å². The van der Waals surface area contributed by atoms with E-state index in [0.717, 1.165) is 38.8 Å². The van der Waals surface area contributed by atoms with E-state index in [1.54, 1.807) is 0 Å². The van der Waals surface area contributed by atoms with Gasteiger partial charge in [-0.2, -0.15) is 0 Å². The van der Waals surface area contributed by atoms with Crippen LogP contribution < -0.4 is 10.0 Å². The van der Waals surface area contributed by atoms with Gasteiger partial charge in [-0.3, -0.25) is 0 Å². The van der Waals surface area contributed by atoms with Crippen molar-refractivity contribution in [3.05, 3.63) is 0 Å². The smallest absolute Gasteiger partial charge is 0.213 e. The molecule has 0 saturated carbocycles. The first-order valence-corrected chi connectivity index (χ1v) is 9.32. The molecule has 0 bridgehead atoms. The van der Waals surface area contributed by atoms with Gasteiger partial charge < -0.3 is 10.2 Å². The molecule has 0 radical (unpaired) electrons. The van der Waals surface area contributed by atoms with Gasteiger partial charge in [0.1, 0.15) is 0 Å². The second-order valence-electron chi connectivity index (χ2n) is 6.63. The van der Waals surface area contributed by atoms with Gasteiger partial charge >= 0.3 is 0 Å². The zero-order valence-electron chi connectivity index (χ0n) is 13.4. The fraction of sp³-hybridized carbons (Fsp3) is 1.00. The zero-order chi connectivity index (χ0) is 15.2. The molecule has 120 valence electrons. The largest absolute Gasteiger partial charge is 0.313 e. The van der Waals surface area contributed by atoms with E-state index in [9.17, 15) is 8.42 Å². The molecule has 2 N–H and O–H groups in total. The maximum absolute atomic E-state index is 12.3. The van der Waals surface area contributed by atoms with Gasteiger partial charge in [-0.25, -0.2) is 13.1 Å². The molecular formula is C14H31N3O2S. The average molecular weight is 305 g/mol. The molecular weight excluding hydrogens is 274 g/mol. The van der Waals surface area contributed by atoms with Crippen molar-refractivity contribution in [2.24, 2.45) is 5.92 Å². The summed E-state index contributed by atoms with van der Waals surface area (Å²) in [5.74, 6) is 0.685. The number of sulfonamides is 1. The van der Waals surface area contributed by atoms with Crippen LogP contribution in [0.2, 0.25) is 0 Å². The lowest BCUT2D eigenvalue weighted by atomic mass is 10.0. The van der Waals surface area contributed by atoms with Crippen LogP contribution in [0.15, 0.2) is 0 Å². The van der Waals surface area contributed by atoms with Crippen LogP contribution in [0.3, 0.4) is 0 Å². The van der Waals surface area contributed by atoms with Crippen LogP contribution in [0.25, 0.3) is 0 Å². The molecule has 5 nitrogen and oxygen atoms in total. The Hall–Kier alpha value is -0.170. The minimum Gasteiger partial charge on any atom is -0.313 e. The van der Waals surface area contributed by atoms with Crippen molar-refractivity contribution in [2.75, 3.05) is 32.9 Å². The number of likely N-dealkylation sites (N-methyl/N-ethyl adjacent to an activating group) is 1. The summed E-state index contributed by atoms with van der Waals surface area (Å²) in [7, 11) is 0.742. The lowest BCUT2D eigenvalue weighted by molar-refractivity contribution is 0.328. The Morgan fingerprint density at radius 3 is 2.50 bits per heavy atom. The van der Waals surface area contributed by atoms with Crippen molar-refractivity contribution in [1.82, 2.24) is 14.9 Å². The molecule has 6 heteroatoms. The summed E-state index contributed by atoms with van der Waals surface area (Å²) in [6, 6.07) is 0.110. The Morgan fingerprint density at radius 1 is 1.30 bits per heavy atom. The summed E-state index contributed by atoms with van der Waals surface area (Å²) in [6.45, 7) is 5.93. The number of piperidine rings is 1. The van der Waals surface area contributed by atoms with Crippen LogP contribution in [0.5, 0.6) is 0 Å². The van der Waals surface area contributed by atoms with E-state index in [1.807, 2.05) is 19.0 Å². The van der Waals surface area contributed by atoms with E-state index in [-0.39, 0.29) is 17.8 Å². The van der Waals surface area contributed by atoms with Gasteiger partial charge in [0.25, 0.3) is 0 Å². The van der Waals surface area contributed by atoms with Gasteiger partial charge in [-0.05, 0) is 45.8 Å². The maximum Gasteiger partial charge on any atom is 0.213 e.